The maximum Gasteiger partial charge on any atom is 0.303 e. The van der Waals surface area contributed by atoms with Gasteiger partial charge in [-0.2, -0.15) is 0 Å². The number of rotatable bonds is 2. The Morgan fingerprint density at radius 1 is 1.54 bits per heavy atom. The molecule has 3 heteroatoms. The highest BCUT2D eigenvalue weighted by Gasteiger charge is 2.34. The Hall–Kier alpha value is -1.12. The van der Waals surface area contributed by atoms with E-state index in [0.29, 0.717) is 0 Å². The fourth-order valence-electron chi connectivity index (χ4n) is 1.59. The molecular weight excluding hydrogens is 168 g/mol. The van der Waals surface area contributed by atoms with Gasteiger partial charge in [0, 0.05) is 6.92 Å². The van der Waals surface area contributed by atoms with Crippen molar-refractivity contribution in [3.8, 4) is 0 Å². The molecule has 3 nitrogen and oxygen atoms in total. The van der Waals surface area contributed by atoms with E-state index in [0.717, 1.165) is 0 Å². The maximum atomic E-state index is 11.3. The monoisotopic (exact) mass is 182 g/mol. The molecular formula is C10H14O3. The predicted molar refractivity (Wildman–Crippen MR) is 48.0 cm³/mol. The molecule has 13 heavy (non-hydrogen) atoms. The van der Waals surface area contributed by atoms with Gasteiger partial charge in [0.2, 0.25) is 0 Å². The van der Waals surface area contributed by atoms with Crippen LogP contribution in [-0.2, 0) is 14.3 Å². The molecule has 0 aromatic carbocycles. The molecule has 2 atom stereocenters. The Kier molecular flexibility index (Phi) is 2.86. The lowest BCUT2D eigenvalue weighted by Crippen LogP contribution is -2.29. The molecule has 0 aromatic heterocycles. The standard InChI is InChI=1S/C10H14O3/c1-6(2)10-8(12)4-5-9(10)13-7(3)11/h4-6,9-10H,1-3H3/t9-,10-/m0/s1. The minimum Gasteiger partial charge on any atom is -0.458 e. The minimum absolute atomic E-state index is 0.0567. The summed E-state index contributed by atoms with van der Waals surface area (Å²) in [6.45, 7) is 5.26. The van der Waals surface area contributed by atoms with E-state index >= 15 is 0 Å². The van der Waals surface area contributed by atoms with Crippen LogP contribution in [-0.4, -0.2) is 17.9 Å². The SMILES string of the molecule is CC(=O)O[C@H]1C=CC(=O)[C@@H]1C(C)C. The summed E-state index contributed by atoms with van der Waals surface area (Å²) in [6, 6.07) is 0. The van der Waals surface area contributed by atoms with Gasteiger partial charge in [0.1, 0.15) is 6.10 Å². The highest BCUT2D eigenvalue weighted by atomic mass is 16.5. The molecule has 0 N–H and O–H groups in total. The fraction of sp³-hybridized carbons (Fsp3) is 0.600. The summed E-state index contributed by atoms with van der Waals surface area (Å²) >= 11 is 0. The van der Waals surface area contributed by atoms with Crippen LogP contribution >= 0.6 is 0 Å². The zero-order chi connectivity index (χ0) is 10.0. The summed E-state index contributed by atoms with van der Waals surface area (Å²) in [7, 11) is 0. The number of ketones is 1. The van der Waals surface area contributed by atoms with Crippen LogP contribution in [0, 0.1) is 11.8 Å². The van der Waals surface area contributed by atoms with Crippen molar-refractivity contribution in [1.29, 1.82) is 0 Å². The zero-order valence-corrected chi connectivity index (χ0v) is 8.11. The fourth-order valence-corrected chi connectivity index (χ4v) is 1.59. The van der Waals surface area contributed by atoms with Crippen molar-refractivity contribution in [1.82, 2.24) is 0 Å². The van der Waals surface area contributed by atoms with E-state index in [-0.39, 0.29) is 29.7 Å². The van der Waals surface area contributed by atoms with E-state index in [1.165, 1.54) is 13.0 Å². The molecule has 0 radical (unpaired) electrons. The first-order chi connectivity index (χ1) is 6.02. The van der Waals surface area contributed by atoms with Gasteiger partial charge in [-0.15, -0.1) is 0 Å². The smallest absolute Gasteiger partial charge is 0.303 e. The molecule has 1 aliphatic rings. The van der Waals surface area contributed by atoms with Crippen LogP contribution in [0.3, 0.4) is 0 Å². The van der Waals surface area contributed by atoms with Crippen LogP contribution in [0.15, 0.2) is 12.2 Å². The summed E-state index contributed by atoms with van der Waals surface area (Å²) in [5, 5.41) is 0. The van der Waals surface area contributed by atoms with Gasteiger partial charge in [0.25, 0.3) is 0 Å². The Morgan fingerprint density at radius 2 is 2.15 bits per heavy atom. The molecule has 1 rings (SSSR count). The number of ether oxygens (including phenoxy) is 1. The highest BCUT2D eigenvalue weighted by Crippen LogP contribution is 2.25. The lowest BCUT2D eigenvalue weighted by Gasteiger charge is -2.20. The lowest BCUT2D eigenvalue weighted by molar-refractivity contribution is -0.147. The molecule has 0 saturated carbocycles. The van der Waals surface area contributed by atoms with E-state index in [1.807, 2.05) is 13.8 Å². The Bertz CT molecular complexity index is 253. The molecule has 0 spiro atoms. The van der Waals surface area contributed by atoms with E-state index in [4.69, 9.17) is 4.74 Å². The molecule has 0 unspecified atom stereocenters. The van der Waals surface area contributed by atoms with Crippen LogP contribution in [0.2, 0.25) is 0 Å². The summed E-state index contributed by atoms with van der Waals surface area (Å²) in [4.78, 5) is 22.0. The number of carbonyl (C=O) groups excluding carboxylic acids is 2. The second-order valence-corrected chi connectivity index (χ2v) is 3.61. The number of hydrogen-bond donors (Lipinski definition) is 0. The van der Waals surface area contributed by atoms with Crippen molar-refractivity contribution >= 4 is 11.8 Å². The average Bonchev–Trinajstić information content (AvgIpc) is 2.30. The normalized spacial score (nSPS) is 26.9. The van der Waals surface area contributed by atoms with E-state index in [2.05, 4.69) is 0 Å². The third kappa shape index (κ3) is 2.17. The lowest BCUT2D eigenvalue weighted by atomic mass is 9.91. The molecule has 72 valence electrons. The van der Waals surface area contributed by atoms with Crippen LogP contribution in [0.1, 0.15) is 20.8 Å². The van der Waals surface area contributed by atoms with E-state index in [9.17, 15) is 9.59 Å². The van der Waals surface area contributed by atoms with Crippen molar-refractivity contribution < 1.29 is 14.3 Å². The third-order valence-corrected chi connectivity index (χ3v) is 2.15. The van der Waals surface area contributed by atoms with E-state index < -0.39 is 0 Å². The van der Waals surface area contributed by atoms with Gasteiger partial charge in [0.15, 0.2) is 5.78 Å². The van der Waals surface area contributed by atoms with Crippen LogP contribution in [0.25, 0.3) is 0 Å². The maximum absolute atomic E-state index is 11.3. The van der Waals surface area contributed by atoms with Gasteiger partial charge in [0.05, 0.1) is 5.92 Å². The summed E-state index contributed by atoms with van der Waals surface area (Å²) in [5.41, 5.74) is 0. The van der Waals surface area contributed by atoms with E-state index in [1.54, 1.807) is 6.08 Å². The van der Waals surface area contributed by atoms with Gasteiger partial charge in [-0.3, -0.25) is 9.59 Å². The Labute approximate surface area is 77.8 Å². The van der Waals surface area contributed by atoms with Crippen molar-refractivity contribution in [3.63, 3.8) is 0 Å². The minimum atomic E-state index is -0.356. The van der Waals surface area contributed by atoms with Crippen molar-refractivity contribution in [2.45, 2.75) is 26.9 Å². The molecule has 0 aromatic rings. The first kappa shape index (κ1) is 9.96. The molecule has 1 aliphatic carbocycles. The van der Waals surface area contributed by atoms with Gasteiger partial charge >= 0.3 is 5.97 Å². The van der Waals surface area contributed by atoms with Crippen molar-refractivity contribution in [2.24, 2.45) is 11.8 Å². The first-order valence-electron chi connectivity index (χ1n) is 4.41. The Balaban J connectivity index is 2.69. The van der Waals surface area contributed by atoms with Crippen molar-refractivity contribution in [3.05, 3.63) is 12.2 Å². The van der Waals surface area contributed by atoms with Crippen molar-refractivity contribution in [2.75, 3.05) is 0 Å². The molecule has 0 aliphatic heterocycles. The molecule has 0 bridgehead atoms. The average molecular weight is 182 g/mol. The highest BCUT2D eigenvalue weighted by molar-refractivity contribution is 5.95. The zero-order valence-electron chi connectivity index (χ0n) is 8.11. The summed E-state index contributed by atoms with van der Waals surface area (Å²) in [5.74, 6) is -0.271. The first-order valence-corrected chi connectivity index (χ1v) is 4.41. The van der Waals surface area contributed by atoms with Gasteiger partial charge in [-0.1, -0.05) is 13.8 Å². The molecule has 0 saturated heterocycles. The Morgan fingerprint density at radius 3 is 2.62 bits per heavy atom. The molecule has 0 fully saturated rings. The second-order valence-electron chi connectivity index (χ2n) is 3.61. The quantitative estimate of drug-likeness (QED) is 0.605. The summed E-state index contributed by atoms with van der Waals surface area (Å²) < 4.78 is 5.01. The predicted octanol–water partition coefficient (Wildman–Crippen LogP) is 1.33. The van der Waals surface area contributed by atoms with Gasteiger partial charge in [-0.25, -0.2) is 0 Å². The summed E-state index contributed by atoms with van der Waals surface area (Å²) in [6.07, 6.45) is 2.80. The molecule has 0 amide bonds. The topological polar surface area (TPSA) is 43.4 Å². The largest absolute Gasteiger partial charge is 0.458 e. The second kappa shape index (κ2) is 3.73. The van der Waals surface area contributed by atoms with Crippen LogP contribution in [0.4, 0.5) is 0 Å². The van der Waals surface area contributed by atoms with Gasteiger partial charge in [-0.05, 0) is 18.1 Å². The number of esters is 1. The van der Waals surface area contributed by atoms with Crippen LogP contribution in [0.5, 0.6) is 0 Å². The molecule has 0 heterocycles. The third-order valence-electron chi connectivity index (χ3n) is 2.15. The number of hydrogen-bond acceptors (Lipinski definition) is 3. The number of carbonyl (C=O) groups is 2. The number of allylic oxidation sites excluding steroid dienone is 1. The van der Waals surface area contributed by atoms with Crippen LogP contribution < -0.4 is 0 Å². The van der Waals surface area contributed by atoms with Gasteiger partial charge < -0.3 is 4.74 Å².